The van der Waals surface area contributed by atoms with Crippen molar-refractivity contribution >= 4 is 28.6 Å². The topological polar surface area (TPSA) is 120 Å². The normalized spacial score (nSPS) is 28.5. The van der Waals surface area contributed by atoms with Gasteiger partial charge in [0.15, 0.2) is 5.82 Å². The van der Waals surface area contributed by atoms with Crippen LogP contribution in [-0.2, 0) is 0 Å². The smallest absolute Gasteiger partial charge is 0.151 e. The number of H-pyrrole nitrogens is 1. The second-order valence-electron chi connectivity index (χ2n) is 5.22. The van der Waals surface area contributed by atoms with E-state index in [0.717, 1.165) is 5.56 Å². The number of aliphatic hydroxyl groups is 2. The molecule has 0 spiro atoms. The van der Waals surface area contributed by atoms with Gasteiger partial charge in [-0.15, -0.1) is 0 Å². The van der Waals surface area contributed by atoms with Crippen LogP contribution in [0.5, 0.6) is 0 Å². The quantitative estimate of drug-likeness (QED) is 0.489. The Morgan fingerprint density at radius 1 is 1.32 bits per heavy atom. The lowest BCUT2D eigenvalue weighted by molar-refractivity contribution is 0.0308. The standard InChI is InChI=1S/C13H18FN5O2S/c14-1-2-22-4-7-11(20)12(21)9(19-7)6-3-16-10-8(6)17-5-18-13(10)15/h3,5,7,9,11-12,16,19-21H,1-2,4H2,(H2,15,17,18)/t7-,9+,11+,12?/m1/s1. The summed E-state index contributed by atoms with van der Waals surface area (Å²) in [6, 6.07) is -0.769. The first-order chi connectivity index (χ1) is 10.6. The summed E-state index contributed by atoms with van der Waals surface area (Å²) in [5.74, 6) is 1.24. The van der Waals surface area contributed by atoms with Crippen molar-refractivity contribution < 1.29 is 14.6 Å². The van der Waals surface area contributed by atoms with Gasteiger partial charge in [-0.3, -0.25) is 4.39 Å². The number of halogens is 1. The number of fused-ring (bicyclic) bond motifs is 1. The number of thioether (sulfide) groups is 1. The van der Waals surface area contributed by atoms with Gasteiger partial charge in [0.25, 0.3) is 0 Å². The molecule has 1 fully saturated rings. The van der Waals surface area contributed by atoms with Gasteiger partial charge in [0, 0.05) is 29.3 Å². The van der Waals surface area contributed by atoms with Crippen LogP contribution in [0.2, 0.25) is 0 Å². The lowest BCUT2D eigenvalue weighted by atomic mass is 10.0. The van der Waals surface area contributed by atoms with Crippen molar-refractivity contribution in [3.8, 4) is 0 Å². The summed E-state index contributed by atoms with van der Waals surface area (Å²) >= 11 is 1.40. The maximum atomic E-state index is 12.2. The van der Waals surface area contributed by atoms with E-state index in [4.69, 9.17) is 5.73 Å². The second kappa shape index (κ2) is 6.37. The Balaban J connectivity index is 1.83. The molecule has 6 N–H and O–H groups in total. The van der Waals surface area contributed by atoms with Crippen LogP contribution in [0.1, 0.15) is 11.6 Å². The average molecular weight is 327 g/mol. The van der Waals surface area contributed by atoms with E-state index in [1.54, 1.807) is 6.20 Å². The van der Waals surface area contributed by atoms with Crippen molar-refractivity contribution in [3.05, 3.63) is 18.1 Å². The van der Waals surface area contributed by atoms with E-state index < -0.39 is 24.9 Å². The molecule has 3 rings (SSSR count). The molecule has 22 heavy (non-hydrogen) atoms. The Bertz CT molecular complexity index is 654. The van der Waals surface area contributed by atoms with Crippen LogP contribution < -0.4 is 11.1 Å². The molecule has 2 aromatic rings. The monoisotopic (exact) mass is 327 g/mol. The first-order valence-corrected chi connectivity index (χ1v) is 8.12. The molecule has 2 aromatic heterocycles. The highest BCUT2D eigenvalue weighted by atomic mass is 32.2. The molecule has 9 heteroatoms. The number of aliphatic hydroxyl groups excluding tert-OH is 2. The van der Waals surface area contributed by atoms with E-state index in [9.17, 15) is 14.6 Å². The van der Waals surface area contributed by atoms with Crippen LogP contribution in [0.3, 0.4) is 0 Å². The molecule has 1 unspecified atom stereocenters. The van der Waals surface area contributed by atoms with E-state index in [1.807, 2.05) is 0 Å². The first kappa shape index (κ1) is 15.5. The van der Waals surface area contributed by atoms with Gasteiger partial charge in [0.2, 0.25) is 0 Å². The highest BCUT2D eigenvalue weighted by molar-refractivity contribution is 7.99. The Kier molecular flexibility index (Phi) is 4.48. The summed E-state index contributed by atoms with van der Waals surface area (Å²) in [6.07, 6.45) is 1.19. The van der Waals surface area contributed by atoms with Crippen LogP contribution in [0.4, 0.5) is 10.2 Å². The molecule has 1 saturated heterocycles. The molecule has 0 aliphatic carbocycles. The molecule has 7 nitrogen and oxygen atoms in total. The second-order valence-corrected chi connectivity index (χ2v) is 6.37. The predicted molar refractivity (Wildman–Crippen MR) is 83.3 cm³/mol. The Hall–Kier alpha value is -1.42. The fraction of sp³-hybridized carbons (Fsp3) is 0.538. The summed E-state index contributed by atoms with van der Waals surface area (Å²) in [4.78, 5) is 11.1. The van der Waals surface area contributed by atoms with Crippen molar-refractivity contribution in [2.45, 2.75) is 24.3 Å². The van der Waals surface area contributed by atoms with Crippen LogP contribution in [-0.4, -0.2) is 61.6 Å². The predicted octanol–water partition coefficient (Wildman–Crippen LogP) is -0.0225. The summed E-state index contributed by atoms with van der Waals surface area (Å²) in [5.41, 5.74) is 7.74. The molecule has 0 radical (unpaired) electrons. The van der Waals surface area contributed by atoms with Gasteiger partial charge < -0.3 is 26.2 Å². The summed E-state index contributed by atoms with van der Waals surface area (Å²) in [7, 11) is 0. The zero-order chi connectivity index (χ0) is 15.7. The fourth-order valence-corrected chi connectivity index (χ4v) is 3.59. The highest BCUT2D eigenvalue weighted by Crippen LogP contribution is 2.33. The largest absolute Gasteiger partial charge is 0.389 e. The molecule has 3 heterocycles. The van der Waals surface area contributed by atoms with E-state index in [-0.39, 0.29) is 6.04 Å². The first-order valence-electron chi connectivity index (χ1n) is 6.96. The zero-order valence-corrected chi connectivity index (χ0v) is 12.6. The van der Waals surface area contributed by atoms with Crippen molar-refractivity contribution in [2.24, 2.45) is 0 Å². The number of anilines is 1. The minimum absolute atomic E-state index is 0.305. The fourth-order valence-electron chi connectivity index (χ4n) is 2.76. The van der Waals surface area contributed by atoms with Crippen LogP contribution in [0.25, 0.3) is 11.0 Å². The summed E-state index contributed by atoms with van der Waals surface area (Å²) in [6.45, 7) is -0.405. The Morgan fingerprint density at radius 2 is 2.14 bits per heavy atom. The number of nitrogens with two attached hydrogens (primary N) is 1. The van der Waals surface area contributed by atoms with Gasteiger partial charge in [-0.1, -0.05) is 0 Å². The van der Waals surface area contributed by atoms with E-state index in [1.165, 1.54) is 18.1 Å². The van der Waals surface area contributed by atoms with E-state index in [2.05, 4.69) is 20.3 Å². The number of alkyl halides is 1. The van der Waals surface area contributed by atoms with Crippen molar-refractivity contribution in [3.63, 3.8) is 0 Å². The lowest BCUT2D eigenvalue weighted by Gasteiger charge is -2.14. The molecule has 1 aliphatic rings. The summed E-state index contributed by atoms with van der Waals surface area (Å²) < 4.78 is 12.2. The SMILES string of the molecule is Nc1ncnc2c([C@@H]3N[C@H](CSCCF)[C@H](O)C3O)c[nH]c12. The third-order valence-electron chi connectivity index (χ3n) is 3.87. The molecule has 0 amide bonds. The molecule has 1 aliphatic heterocycles. The number of hydrogen-bond acceptors (Lipinski definition) is 7. The maximum Gasteiger partial charge on any atom is 0.151 e. The number of aromatic nitrogens is 3. The van der Waals surface area contributed by atoms with Gasteiger partial charge in [0.1, 0.15) is 17.9 Å². The number of nitrogen functional groups attached to an aromatic ring is 1. The molecular formula is C13H18FN5O2S. The van der Waals surface area contributed by atoms with Crippen molar-refractivity contribution in [2.75, 3.05) is 23.9 Å². The van der Waals surface area contributed by atoms with Crippen LogP contribution >= 0.6 is 11.8 Å². The third-order valence-corrected chi connectivity index (χ3v) is 4.91. The van der Waals surface area contributed by atoms with Crippen molar-refractivity contribution in [1.82, 2.24) is 20.3 Å². The minimum atomic E-state index is -0.967. The maximum absolute atomic E-state index is 12.2. The summed E-state index contributed by atoms with van der Waals surface area (Å²) in [5, 5.41) is 23.7. The van der Waals surface area contributed by atoms with Crippen LogP contribution in [0, 0.1) is 0 Å². The lowest BCUT2D eigenvalue weighted by Crippen LogP contribution is -2.35. The number of rotatable bonds is 5. The van der Waals surface area contributed by atoms with E-state index in [0.29, 0.717) is 28.4 Å². The third kappa shape index (κ3) is 2.65. The molecule has 0 aromatic carbocycles. The average Bonchev–Trinajstić information content (AvgIpc) is 3.05. The Labute approximate surface area is 130 Å². The molecule has 120 valence electrons. The Morgan fingerprint density at radius 3 is 2.91 bits per heavy atom. The molecular weight excluding hydrogens is 309 g/mol. The molecule has 0 bridgehead atoms. The number of nitrogens with one attached hydrogen (secondary N) is 2. The van der Waals surface area contributed by atoms with Gasteiger partial charge in [-0.05, 0) is 0 Å². The zero-order valence-electron chi connectivity index (χ0n) is 11.7. The number of nitrogens with zero attached hydrogens (tertiary/aromatic N) is 2. The van der Waals surface area contributed by atoms with Crippen molar-refractivity contribution in [1.29, 1.82) is 0 Å². The highest BCUT2D eigenvalue weighted by Gasteiger charge is 2.42. The number of hydrogen-bond donors (Lipinski definition) is 5. The van der Waals surface area contributed by atoms with Gasteiger partial charge in [0.05, 0.1) is 24.3 Å². The molecule has 0 saturated carbocycles. The number of aromatic amines is 1. The minimum Gasteiger partial charge on any atom is -0.389 e. The van der Waals surface area contributed by atoms with Gasteiger partial charge in [-0.25, -0.2) is 9.97 Å². The van der Waals surface area contributed by atoms with Gasteiger partial charge >= 0.3 is 0 Å². The van der Waals surface area contributed by atoms with Crippen LogP contribution in [0.15, 0.2) is 12.5 Å². The van der Waals surface area contributed by atoms with E-state index >= 15 is 0 Å². The molecule has 4 atom stereocenters. The van der Waals surface area contributed by atoms with Gasteiger partial charge in [-0.2, -0.15) is 11.8 Å².